The van der Waals surface area contributed by atoms with E-state index in [2.05, 4.69) is 4.72 Å². The molecule has 1 aliphatic rings. The Morgan fingerprint density at radius 1 is 1.19 bits per heavy atom. The molecular weight excluding hydrogens is 299 g/mol. The Kier molecular flexibility index (Phi) is 4.23. The summed E-state index contributed by atoms with van der Waals surface area (Å²) in [5, 5.41) is 0. The summed E-state index contributed by atoms with van der Waals surface area (Å²) < 4.78 is 53.2. The second-order valence-electron chi connectivity index (χ2n) is 6.53. The second-order valence-corrected chi connectivity index (χ2v) is 8.53. The van der Waals surface area contributed by atoms with Crippen LogP contribution in [0, 0.1) is 0 Å². The first-order valence-corrected chi connectivity index (χ1v) is 8.04. The molecule has 1 N–H and O–H groups in total. The van der Waals surface area contributed by atoms with Gasteiger partial charge < -0.3 is 0 Å². The van der Waals surface area contributed by atoms with Gasteiger partial charge in [-0.1, -0.05) is 13.0 Å². The lowest BCUT2D eigenvalue weighted by Crippen LogP contribution is -2.35. The fraction of sp³-hybridized carbons (Fsp3) is 0.600. The highest BCUT2D eigenvalue weighted by Crippen LogP contribution is 2.43. The van der Waals surface area contributed by atoms with E-state index in [1.165, 1.54) is 12.1 Å². The third kappa shape index (κ3) is 3.48. The number of hydrogen-bond donors (Lipinski definition) is 1. The van der Waals surface area contributed by atoms with Crippen LogP contribution in [0.2, 0.25) is 0 Å². The number of alkyl halides is 3. The summed E-state index contributed by atoms with van der Waals surface area (Å²) in [6.45, 7) is 7.49. The van der Waals surface area contributed by atoms with Crippen molar-refractivity contribution in [3.8, 4) is 0 Å². The molecule has 3 atom stereocenters. The van der Waals surface area contributed by atoms with Crippen molar-refractivity contribution in [2.75, 3.05) is 0 Å². The normalized spacial score (nSPS) is 24.0. The molecule has 0 bridgehead atoms. The van der Waals surface area contributed by atoms with Crippen LogP contribution >= 0.6 is 0 Å². The van der Waals surface area contributed by atoms with Gasteiger partial charge in [-0.2, -0.15) is 13.2 Å². The molecule has 1 aromatic carbocycles. The number of nitrogens with one attached hydrogen (secondary N) is 1. The molecule has 0 aromatic heterocycles. The minimum Gasteiger partial charge on any atom is -0.242 e. The molecule has 0 spiro atoms. The van der Waals surface area contributed by atoms with Gasteiger partial charge in [0.25, 0.3) is 0 Å². The van der Waals surface area contributed by atoms with Crippen molar-refractivity contribution < 1.29 is 17.4 Å². The fourth-order valence-electron chi connectivity index (χ4n) is 2.52. The van der Waals surface area contributed by atoms with Crippen molar-refractivity contribution in [2.45, 2.75) is 57.0 Å². The van der Waals surface area contributed by atoms with Crippen molar-refractivity contribution in [1.29, 1.82) is 0 Å². The maximum Gasteiger partial charge on any atom is 0.416 e. The molecule has 0 amide bonds. The predicted octanol–water partition coefficient (Wildman–Crippen LogP) is 4.31. The molecule has 1 aliphatic carbocycles. The van der Waals surface area contributed by atoms with Crippen molar-refractivity contribution in [3.63, 3.8) is 0 Å². The summed E-state index contributed by atoms with van der Waals surface area (Å²) in [7, 11) is -1.24. The molecule has 6 heteroatoms. The van der Waals surface area contributed by atoms with Crippen molar-refractivity contribution >= 4 is 11.0 Å². The molecule has 1 unspecified atom stereocenters. The average molecular weight is 319 g/mol. The Labute approximate surface area is 125 Å². The topological polar surface area (TPSA) is 29.1 Å². The molecule has 0 saturated heterocycles. The zero-order chi connectivity index (χ0) is 16.0. The number of benzene rings is 1. The molecule has 118 valence electrons. The standard InChI is InChI=1S/C15H20F3NOS/c1-9-7-13(19-21(20)14(2,3)4)11-6-5-10(8-12(9)11)15(16,17)18/h5-6,8-9,13,19H,7H2,1-4H3/t9?,13-,21-/m1/s1. The molecule has 1 aromatic rings. The summed E-state index contributed by atoms with van der Waals surface area (Å²) in [4.78, 5) is 0. The summed E-state index contributed by atoms with van der Waals surface area (Å²) in [5.41, 5.74) is 0.909. The third-order valence-electron chi connectivity index (χ3n) is 3.72. The van der Waals surface area contributed by atoms with E-state index in [1.54, 1.807) is 0 Å². The first kappa shape index (κ1) is 16.5. The lowest BCUT2D eigenvalue weighted by molar-refractivity contribution is -0.137. The van der Waals surface area contributed by atoms with Crippen LogP contribution in [0.4, 0.5) is 13.2 Å². The van der Waals surface area contributed by atoms with E-state index in [1.807, 2.05) is 27.7 Å². The maximum absolute atomic E-state index is 12.8. The van der Waals surface area contributed by atoms with Crippen LogP contribution in [0.5, 0.6) is 0 Å². The van der Waals surface area contributed by atoms with E-state index < -0.39 is 27.5 Å². The van der Waals surface area contributed by atoms with Gasteiger partial charge in [0, 0.05) is 6.04 Å². The van der Waals surface area contributed by atoms with E-state index in [-0.39, 0.29) is 12.0 Å². The number of fused-ring (bicyclic) bond motifs is 1. The molecule has 2 rings (SSSR count). The van der Waals surface area contributed by atoms with Crippen LogP contribution in [0.1, 0.15) is 62.8 Å². The van der Waals surface area contributed by atoms with Crippen LogP contribution in [0.3, 0.4) is 0 Å². The molecule has 21 heavy (non-hydrogen) atoms. The van der Waals surface area contributed by atoms with Crippen molar-refractivity contribution in [2.24, 2.45) is 0 Å². The molecule has 2 nitrogen and oxygen atoms in total. The van der Waals surface area contributed by atoms with Crippen molar-refractivity contribution in [1.82, 2.24) is 4.72 Å². The highest BCUT2D eigenvalue weighted by atomic mass is 32.2. The Bertz CT molecular complexity index is 563. The second kappa shape index (κ2) is 5.39. The quantitative estimate of drug-likeness (QED) is 0.865. The van der Waals surface area contributed by atoms with Crippen LogP contribution in [-0.2, 0) is 17.2 Å². The Hall–Kier alpha value is -0.880. The Morgan fingerprint density at radius 2 is 1.81 bits per heavy atom. The van der Waals surface area contributed by atoms with Gasteiger partial charge in [-0.05, 0) is 56.4 Å². The van der Waals surface area contributed by atoms with Gasteiger partial charge in [0.1, 0.15) is 0 Å². The zero-order valence-electron chi connectivity index (χ0n) is 12.5. The van der Waals surface area contributed by atoms with Crippen LogP contribution in [0.25, 0.3) is 0 Å². The minimum atomic E-state index is -4.32. The molecule has 0 heterocycles. The fourth-order valence-corrected chi connectivity index (χ4v) is 3.36. The zero-order valence-corrected chi connectivity index (χ0v) is 13.4. The van der Waals surface area contributed by atoms with Crippen LogP contribution in [0.15, 0.2) is 18.2 Å². The van der Waals surface area contributed by atoms with E-state index in [4.69, 9.17) is 0 Å². The lowest BCUT2D eigenvalue weighted by atomic mass is 10.0. The first-order valence-electron chi connectivity index (χ1n) is 6.89. The molecule has 0 aliphatic heterocycles. The van der Waals surface area contributed by atoms with Gasteiger partial charge in [-0.25, -0.2) is 8.93 Å². The number of halogens is 3. The highest BCUT2D eigenvalue weighted by Gasteiger charge is 2.36. The first-order chi connectivity index (χ1) is 9.50. The van der Waals surface area contributed by atoms with E-state index in [0.717, 1.165) is 11.6 Å². The molecular formula is C15H20F3NOS. The predicted molar refractivity (Wildman–Crippen MR) is 78.2 cm³/mol. The number of rotatable bonds is 2. The molecule has 0 radical (unpaired) electrons. The number of hydrogen-bond acceptors (Lipinski definition) is 1. The van der Waals surface area contributed by atoms with E-state index in [0.29, 0.717) is 12.0 Å². The smallest absolute Gasteiger partial charge is 0.242 e. The summed E-state index contributed by atoms with van der Waals surface area (Å²) in [6.07, 6.45) is -3.66. The summed E-state index contributed by atoms with van der Waals surface area (Å²) >= 11 is 0. The van der Waals surface area contributed by atoms with Crippen molar-refractivity contribution in [3.05, 3.63) is 34.9 Å². The Morgan fingerprint density at radius 3 is 2.33 bits per heavy atom. The van der Waals surface area contributed by atoms with Crippen LogP contribution < -0.4 is 4.72 Å². The van der Waals surface area contributed by atoms with Gasteiger partial charge in [-0.3, -0.25) is 0 Å². The van der Waals surface area contributed by atoms with Gasteiger partial charge >= 0.3 is 6.18 Å². The van der Waals surface area contributed by atoms with Crippen LogP contribution in [-0.4, -0.2) is 8.96 Å². The summed E-state index contributed by atoms with van der Waals surface area (Å²) in [5.74, 6) is 0.0248. The van der Waals surface area contributed by atoms with E-state index in [9.17, 15) is 17.4 Å². The van der Waals surface area contributed by atoms with Gasteiger partial charge in [0.15, 0.2) is 0 Å². The van der Waals surface area contributed by atoms with Gasteiger partial charge in [-0.15, -0.1) is 0 Å². The van der Waals surface area contributed by atoms with Gasteiger partial charge in [0.05, 0.1) is 21.3 Å². The average Bonchev–Trinajstić information content (AvgIpc) is 2.64. The monoisotopic (exact) mass is 319 g/mol. The lowest BCUT2D eigenvalue weighted by Gasteiger charge is -2.22. The largest absolute Gasteiger partial charge is 0.416 e. The summed E-state index contributed by atoms with van der Waals surface area (Å²) in [6, 6.07) is 3.68. The minimum absolute atomic E-state index is 0.0248. The molecule has 0 fully saturated rings. The Balaban J connectivity index is 2.29. The molecule has 0 saturated carbocycles. The SMILES string of the molecule is CC1C[C@@H](N[S@](=O)C(C)(C)C)c2ccc(C(F)(F)F)cc21. The maximum atomic E-state index is 12.8. The van der Waals surface area contributed by atoms with Gasteiger partial charge in [0.2, 0.25) is 0 Å². The third-order valence-corrected chi connectivity index (χ3v) is 5.33. The highest BCUT2D eigenvalue weighted by molar-refractivity contribution is 7.84. The van der Waals surface area contributed by atoms with E-state index >= 15 is 0 Å².